The Labute approximate surface area is 118 Å². The average molecular weight is 263 g/mol. The fraction of sp³-hybridized carbons (Fsp3) is 0.647. The summed E-state index contributed by atoms with van der Waals surface area (Å²) in [4.78, 5) is 0. The highest BCUT2D eigenvalue weighted by atomic mass is 16.3. The molecule has 1 aromatic rings. The van der Waals surface area contributed by atoms with Crippen LogP contribution in [0, 0.1) is 5.41 Å². The van der Waals surface area contributed by atoms with Gasteiger partial charge in [-0.1, -0.05) is 66.7 Å². The van der Waals surface area contributed by atoms with Gasteiger partial charge in [-0.05, 0) is 23.0 Å². The lowest BCUT2D eigenvalue weighted by molar-refractivity contribution is 0.0878. The van der Waals surface area contributed by atoms with Crippen molar-refractivity contribution >= 4 is 5.69 Å². The molecule has 108 valence electrons. The zero-order valence-corrected chi connectivity index (χ0v) is 13.4. The van der Waals surface area contributed by atoms with Crippen molar-refractivity contribution < 1.29 is 5.11 Å². The Morgan fingerprint density at radius 1 is 0.947 bits per heavy atom. The number of anilines is 1. The third-order valence-corrected chi connectivity index (χ3v) is 3.47. The van der Waals surface area contributed by atoms with E-state index in [9.17, 15) is 5.11 Å². The van der Waals surface area contributed by atoms with Crippen molar-refractivity contribution in [2.75, 3.05) is 5.32 Å². The maximum absolute atomic E-state index is 10.3. The number of aliphatic hydroxyl groups is 1. The average Bonchev–Trinajstić information content (AvgIpc) is 2.27. The normalized spacial score (nSPS) is 14.0. The first-order chi connectivity index (χ1) is 8.64. The Morgan fingerprint density at radius 2 is 1.37 bits per heavy atom. The molecular weight excluding hydrogens is 234 g/mol. The Morgan fingerprint density at radius 3 is 1.68 bits per heavy atom. The van der Waals surface area contributed by atoms with E-state index >= 15 is 0 Å². The van der Waals surface area contributed by atoms with Gasteiger partial charge in [0.2, 0.25) is 0 Å². The van der Waals surface area contributed by atoms with Crippen LogP contribution in [0.1, 0.15) is 71.4 Å². The van der Waals surface area contributed by atoms with Gasteiger partial charge in [-0.3, -0.25) is 0 Å². The Kier molecular flexibility index (Phi) is 5.03. The summed E-state index contributed by atoms with van der Waals surface area (Å²) in [5.41, 5.74) is 3.47. The van der Waals surface area contributed by atoms with Gasteiger partial charge in [0.1, 0.15) is 6.23 Å². The molecule has 0 amide bonds. The van der Waals surface area contributed by atoms with Crippen LogP contribution in [0.3, 0.4) is 0 Å². The molecule has 0 aromatic heterocycles. The van der Waals surface area contributed by atoms with Crippen LogP contribution in [-0.4, -0.2) is 11.3 Å². The van der Waals surface area contributed by atoms with Gasteiger partial charge in [-0.25, -0.2) is 0 Å². The molecule has 0 fully saturated rings. The van der Waals surface area contributed by atoms with E-state index < -0.39 is 6.23 Å². The zero-order valence-electron chi connectivity index (χ0n) is 13.4. The van der Waals surface area contributed by atoms with E-state index in [2.05, 4.69) is 51.2 Å². The molecule has 2 heteroatoms. The van der Waals surface area contributed by atoms with E-state index in [1.54, 1.807) is 0 Å². The first-order valence-electron chi connectivity index (χ1n) is 7.22. The molecule has 2 nitrogen and oxygen atoms in total. The van der Waals surface area contributed by atoms with Crippen LogP contribution in [-0.2, 0) is 0 Å². The summed E-state index contributed by atoms with van der Waals surface area (Å²) in [6.07, 6.45) is -0.551. The van der Waals surface area contributed by atoms with Gasteiger partial charge in [-0.15, -0.1) is 0 Å². The summed E-state index contributed by atoms with van der Waals surface area (Å²) in [7, 11) is 0. The number of nitrogens with one attached hydrogen (secondary N) is 1. The second-order valence-electron chi connectivity index (χ2n) is 7.03. The number of hydrogen-bond acceptors (Lipinski definition) is 2. The summed E-state index contributed by atoms with van der Waals surface area (Å²) >= 11 is 0. The van der Waals surface area contributed by atoms with Crippen LogP contribution < -0.4 is 5.32 Å². The van der Waals surface area contributed by atoms with Gasteiger partial charge in [0.25, 0.3) is 0 Å². The highest BCUT2D eigenvalue weighted by Crippen LogP contribution is 2.34. The minimum Gasteiger partial charge on any atom is -0.373 e. The van der Waals surface area contributed by atoms with Gasteiger partial charge in [-0.2, -0.15) is 0 Å². The van der Waals surface area contributed by atoms with Crippen molar-refractivity contribution in [2.24, 2.45) is 5.41 Å². The molecule has 0 heterocycles. The minimum atomic E-state index is -0.551. The van der Waals surface area contributed by atoms with Crippen molar-refractivity contribution in [3.05, 3.63) is 29.3 Å². The van der Waals surface area contributed by atoms with Crippen LogP contribution in [0.4, 0.5) is 5.69 Å². The SMILES string of the molecule is CC(C)c1cccc(C(C)C)c1NC(O)C(C)(C)C. The quantitative estimate of drug-likeness (QED) is 0.771. The van der Waals surface area contributed by atoms with E-state index in [-0.39, 0.29) is 5.41 Å². The summed E-state index contributed by atoms with van der Waals surface area (Å²) in [6, 6.07) is 6.40. The number of benzene rings is 1. The number of para-hydroxylation sites is 1. The third-order valence-electron chi connectivity index (χ3n) is 3.47. The van der Waals surface area contributed by atoms with Gasteiger partial charge < -0.3 is 10.4 Å². The highest BCUT2D eigenvalue weighted by Gasteiger charge is 2.24. The smallest absolute Gasteiger partial charge is 0.129 e. The predicted octanol–water partition coefficient (Wildman–Crippen LogP) is 4.71. The summed E-state index contributed by atoms with van der Waals surface area (Å²) in [6.45, 7) is 14.9. The zero-order chi connectivity index (χ0) is 14.8. The van der Waals surface area contributed by atoms with Gasteiger partial charge >= 0.3 is 0 Å². The topological polar surface area (TPSA) is 32.3 Å². The molecule has 2 N–H and O–H groups in total. The Hall–Kier alpha value is -1.02. The van der Waals surface area contributed by atoms with Crippen molar-refractivity contribution in [1.29, 1.82) is 0 Å². The fourth-order valence-corrected chi connectivity index (χ4v) is 2.07. The van der Waals surface area contributed by atoms with Crippen LogP contribution >= 0.6 is 0 Å². The first kappa shape index (κ1) is 16.0. The fourth-order valence-electron chi connectivity index (χ4n) is 2.07. The molecule has 0 aliphatic carbocycles. The van der Waals surface area contributed by atoms with Gasteiger partial charge in [0, 0.05) is 11.1 Å². The summed E-state index contributed by atoms with van der Waals surface area (Å²) in [5.74, 6) is 0.877. The lowest BCUT2D eigenvalue weighted by atomic mass is 9.90. The highest BCUT2D eigenvalue weighted by molar-refractivity contribution is 5.60. The molecule has 1 unspecified atom stereocenters. The van der Waals surface area contributed by atoms with Crippen LogP contribution in [0.15, 0.2) is 18.2 Å². The summed E-state index contributed by atoms with van der Waals surface area (Å²) in [5, 5.41) is 13.7. The van der Waals surface area contributed by atoms with Crippen molar-refractivity contribution in [2.45, 2.75) is 66.5 Å². The number of aliphatic hydroxyl groups excluding tert-OH is 1. The molecule has 1 rings (SSSR count). The summed E-state index contributed by atoms with van der Waals surface area (Å²) < 4.78 is 0. The second-order valence-corrected chi connectivity index (χ2v) is 7.03. The molecule has 19 heavy (non-hydrogen) atoms. The molecule has 0 aliphatic heterocycles. The first-order valence-corrected chi connectivity index (χ1v) is 7.22. The standard InChI is InChI=1S/C17H29NO/c1-11(2)13-9-8-10-14(12(3)4)15(13)18-16(19)17(5,6)7/h8-12,16,18-19H,1-7H3. The van der Waals surface area contributed by atoms with E-state index in [4.69, 9.17) is 0 Å². The molecule has 0 saturated heterocycles. The van der Waals surface area contributed by atoms with Gasteiger partial charge in [0.15, 0.2) is 0 Å². The van der Waals surface area contributed by atoms with E-state index in [1.165, 1.54) is 11.1 Å². The second kappa shape index (κ2) is 5.96. The largest absolute Gasteiger partial charge is 0.373 e. The van der Waals surface area contributed by atoms with Gasteiger partial charge in [0.05, 0.1) is 0 Å². The molecule has 0 bridgehead atoms. The van der Waals surface area contributed by atoms with Crippen molar-refractivity contribution in [1.82, 2.24) is 0 Å². The van der Waals surface area contributed by atoms with Crippen LogP contribution in [0.5, 0.6) is 0 Å². The molecule has 0 aliphatic rings. The van der Waals surface area contributed by atoms with E-state index in [0.29, 0.717) is 11.8 Å². The Bertz CT molecular complexity index is 390. The molecule has 0 radical (unpaired) electrons. The van der Waals surface area contributed by atoms with Crippen molar-refractivity contribution in [3.8, 4) is 0 Å². The van der Waals surface area contributed by atoms with Crippen LogP contribution in [0.25, 0.3) is 0 Å². The number of rotatable bonds is 4. The minimum absolute atomic E-state index is 0.182. The molecular formula is C17H29NO. The molecule has 0 spiro atoms. The lowest BCUT2D eigenvalue weighted by Crippen LogP contribution is -2.34. The molecule has 0 saturated carbocycles. The molecule has 1 aromatic carbocycles. The van der Waals surface area contributed by atoms with Crippen LogP contribution in [0.2, 0.25) is 0 Å². The Balaban J connectivity index is 3.22. The predicted molar refractivity (Wildman–Crippen MR) is 83.7 cm³/mol. The number of hydrogen-bond donors (Lipinski definition) is 2. The maximum Gasteiger partial charge on any atom is 0.129 e. The third kappa shape index (κ3) is 3.97. The van der Waals surface area contributed by atoms with E-state index in [0.717, 1.165) is 5.69 Å². The van der Waals surface area contributed by atoms with E-state index in [1.807, 2.05) is 20.8 Å². The molecule has 1 atom stereocenters. The monoisotopic (exact) mass is 263 g/mol. The van der Waals surface area contributed by atoms with Crippen molar-refractivity contribution in [3.63, 3.8) is 0 Å². The lowest BCUT2D eigenvalue weighted by Gasteiger charge is -2.30. The maximum atomic E-state index is 10.3.